The maximum Gasteiger partial charge on any atom is 0.329 e. The third kappa shape index (κ3) is 4.16. The molecule has 3 heterocycles. The fourth-order valence-corrected chi connectivity index (χ4v) is 5.04. The van der Waals surface area contributed by atoms with E-state index >= 15 is 0 Å². The molecule has 1 aliphatic heterocycles. The van der Waals surface area contributed by atoms with Crippen LogP contribution in [0.15, 0.2) is 39.9 Å². The van der Waals surface area contributed by atoms with Crippen molar-refractivity contribution in [3.63, 3.8) is 0 Å². The van der Waals surface area contributed by atoms with E-state index in [1.165, 1.54) is 4.57 Å². The summed E-state index contributed by atoms with van der Waals surface area (Å²) in [6.07, 6.45) is 3.45. The lowest BCUT2D eigenvalue weighted by atomic mass is 9.74. The highest BCUT2D eigenvalue weighted by molar-refractivity contribution is 6.30. The van der Waals surface area contributed by atoms with E-state index in [1.807, 2.05) is 31.2 Å². The van der Waals surface area contributed by atoms with Crippen molar-refractivity contribution >= 4 is 28.5 Å². The first-order chi connectivity index (χ1) is 16.4. The normalized spacial score (nSPS) is 17.6. The first-order valence-corrected chi connectivity index (χ1v) is 12.1. The van der Waals surface area contributed by atoms with Crippen molar-refractivity contribution in [2.45, 2.75) is 50.5 Å². The molecule has 34 heavy (non-hydrogen) atoms. The van der Waals surface area contributed by atoms with Crippen LogP contribution in [0.1, 0.15) is 60.1 Å². The molecule has 0 unspecified atom stereocenters. The molecule has 1 amide bonds. The molecule has 8 nitrogen and oxygen atoms in total. The number of aromatic nitrogens is 3. The van der Waals surface area contributed by atoms with Crippen LogP contribution in [0.4, 0.5) is 0 Å². The number of halogens is 1. The van der Waals surface area contributed by atoms with E-state index in [0.717, 1.165) is 36.9 Å². The van der Waals surface area contributed by atoms with Crippen LogP contribution in [0.3, 0.4) is 0 Å². The Labute approximate surface area is 201 Å². The van der Waals surface area contributed by atoms with Gasteiger partial charge in [-0.2, -0.15) is 0 Å². The van der Waals surface area contributed by atoms with Gasteiger partial charge in [0.25, 0.3) is 11.5 Å². The quantitative estimate of drug-likeness (QED) is 0.561. The minimum absolute atomic E-state index is 0.145. The predicted octanol–water partition coefficient (Wildman–Crippen LogP) is 3.11. The molecule has 0 bridgehead atoms. The number of amides is 1. The van der Waals surface area contributed by atoms with Gasteiger partial charge in [0, 0.05) is 48.4 Å². The summed E-state index contributed by atoms with van der Waals surface area (Å²) in [5, 5.41) is 3.87. The lowest BCUT2D eigenvalue weighted by Gasteiger charge is -2.38. The first-order valence-electron chi connectivity index (χ1n) is 11.7. The number of ether oxygens (including phenoxy) is 1. The molecule has 1 saturated carbocycles. The van der Waals surface area contributed by atoms with Crippen LogP contribution in [0.25, 0.3) is 11.0 Å². The van der Waals surface area contributed by atoms with Gasteiger partial charge in [0.05, 0.1) is 10.9 Å². The lowest BCUT2D eigenvalue weighted by molar-refractivity contribution is 0.0487. The number of pyridine rings is 1. The molecule has 1 aromatic carbocycles. The topological polar surface area (TPSA) is 106 Å². The summed E-state index contributed by atoms with van der Waals surface area (Å²) in [4.78, 5) is 45.7. The number of nitrogens with one attached hydrogen (secondary N) is 2. The Morgan fingerprint density at radius 1 is 1.26 bits per heavy atom. The molecule has 3 aromatic rings. The summed E-state index contributed by atoms with van der Waals surface area (Å²) in [5.74, 6) is -0.0991. The second kappa shape index (κ2) is 9.00. The van der Waals surface area contributed by atoms with E-state index < -0.39 is 11.2 Å². The molecule has 178 valence electrons. The van der Waals surface area contributed by atoms with Crippen molar-refractivity contribution in [2.75, 3.05) is 19.8 Å². The highest BCUT2D eigenvalue weighted by atomic mass is 35.5. The Hall–Kier alpha value is -2.97. The van der Waals surface area contributed by atoms with Crippen molar-refractivity contribution in [3.05, 3.63) is 73.0 Å². The molecule has 0 spiro atoms. The molecule has 0 atom stereocenters. The van der Waals surface area contributed by atoms with Crippen molar-refractivity contribution in [1.82, 2.24) is 19.9 Å². The third-order valence-corrected chi connectivity index (χ3v) is 7.23. The van der Waals surface area contributed by atoms with Crippen LogP contribution < -0.4 is 16.6 Å². The third-order valence-electron chi connectivity index (χ3n) is 7.00. The van der Waals surface area contributed by atoms with Crippen LogP contribution in [-0.4, -0.2) is 40.2 Å². The molecule has 5 rings (SSSR count). The Morgan fingerprint density at radius 2 is 2.03 bits per heavy atom. The number of hydrogen-bond acceptors (Lipinski definition) is 5. The summed E-state index contributed by atoms with van der Waals surface area (Å²) in [6, 6.07) is 9.43. The average Bonchev–Trinajstić information content (AvgIpc) is 3.68. The van der Waals surface area contributed by atoms with Gasteiger partial charge in [0.1, 0.15) is 0 Å². The second-order valence-electron chi connectivity index (χ2n) is 9.16. The van der Waals surface area contributed by atoms with Gasteiger partial charge in [0.2, 0.25) is 0 Å². The molecule has 9 heteroatoms. The zero-order valence-electron chi connectivity index (χ0n) is 19.0. The molecule has 1 aliphatic carbocycles. The maximum atomic E-state index is 13.5. The van der Waals surface area contributed by atoms with Crippen LogP contribution in [0.5, 0.6) is 0 Å². The fourth-order valence-electron chi connectivity index (χ4n) is 4.85. The number of fused-ring (bicyclic) bond motifs is 1. The molecule has 2 aromatic heterocycles. The fraction of sp³-hybridized carbons (Fsp3) is 0.440. The van der Waals surface area contributed by atoms with E-state index in [9.17, 15) is 14.4 Å². The van der Waals surface area contributed by atoms with E-state index in [1.54, 1.807) is 6.07 Å². The number of rotatable bonds is 6. The van der Waals surface area contributed by atoms with E-state index in [2.05, 4.69) is 15.3 Å². The first kappa shape index (κ1) is 22.8. The average molecular weight is 483 g/mol. The van der Waals surface area contributed by atoms with Gasteiger partial charge in [-0.05, 0) is 56.4 Å². The number of aromatic amines is 1. The molecule has 0 radical (unpaired) electrons. The van der Waals surface area contributed by atoms with Gasteiger partial charge >= 0.3 is 5.69 Å². The largest absolute Gasteiger partial charge is 0.381 e. The number of aryl methyl sites for hydroxylation is 1. The van der Waals surface area contributed by atoms with Gasteiger partial charge in [-0.3, -0.25) is 19.1 Å². The molecule has 1 saturated heterocycles. The second-order valence-corrected chi connectivity index (χ2v) is 9.59. The Morgan fingerprint density at radius 3 is 2.71 bits per heavy atom. The smallest absolute Gasteiger partial charge is 0.329 e. The number of carbonyl (C=O) groups is 1. The number of benzene rings is 1. The van der Waals surface area contributed by atoms with Crippen LogP contribution in [-0.2, 0) is 16.7 Å². The number of H-pyrrole nitrogens is 1. The summed E-state index contributed by atoms with van der Waals surface area (Å²) >= 11 is 6.27. The molecule has 2 aliphatic rings. The summed E-state index contributed by atoms with van der Waals surface area (Å²) in [7, 11) is 0. The van der Waals surface area contributed by atoms with Crippen LogP contribution in [0, 0.1) is 0 Å². The maximum absolute atomic E-state index is 13.5. The van der Waals surface area contributed by atoms with E-state index in [0.29, 0.717) is 31.3 Å². The molecule has 2 N–H and O–H groups in total. The molecule has 2 fully saturated rings. The zero-order valence-corrected chi connectivity index (χ0v) is 19.8. The Balaban J connectivity index is 1.54. The van der Waals surface area contributed by atoms with Crippen molar-refractivity contribution in [1.29, 1.82) is 0 Å². The Kier molecular flexibility index (Phi) is 6.04. The summed E-state index contributed by atoms with van der Waals surface area (Å²) in [5.41, 5.74) is 0.887. The standard InChI is InChI=1S/C25H27ClN4O4/c1-2-30-21-20(23(32)29-24(30)33)18(13-19(28-21)15-6-7-15)22(31)27-14-25(8-10-34-11-9-25)16-4-3-5-17(26)12-16/h3-5,12-13,15H,2,6-11,14H2,1H3,(H,27,31)(H,29,32,33). The highest BCUT2D eigenvalue weighted by Crippen LogP contribution is 2.40. The number of carbonyl (C=O) groups excluding carboxylic acids is 1. The number of hydrogen-bond donors (Lipinski definition) is 2. The molecular formula is C25H27ClN4O4. The minimum Gasteiger partial charge on any atom is -0.381 e. The van der Waals surface area contributed by atoms with Gasteiger partial charge in [-0.25, -0.2) is 9.78 Å². The van der Waals surface area contributed by atoms with Gasteiger partial charge in [0.15, 0.2) is 5.65 Å². The lowest BCUT2D eigenvalue weighted by Crippen LogP contribution is -2.45. The summed E-state index contributed by atoms with van der Waals surface area (Å²) < 4.78 is 7.00. The highest BCUT2D eigenvalue weighted by Gasteiger charge is 2.36. The predicted molar refractivity (Wildman–Crippen MR) is 130 cm³/mol. The SMILES string of the molecule is CCn1c(=O)[nH]c(=O)c2c(C(=O)NCC3(c4cccc(Cl)c4)CCOCC3)cc(C3CC3)nc21. The molecular weight excluding hydrogens is 456 g/mol. The van der Waals surface area contributed by atoms with Crippen molar-refractivity contribution in [3.8, 4) is 0 Å². The van der Waals surface area contributed by atoms with Gasteiger partial charge in [-0.15, -0.1) is 0 Å². The van der Waals surface area contributed by atoms with Gasteiger partial charge < -0.3 is 10.1 Å². The van der Waals surface area contributed by atoms with Gasteiger partial charge in [-0.1, -0.05) is 23.7 Å². The minimum atomic E-state index is -0.597. The monoisotopic (exact) mass is 482 g/mol. The summed E-state index contributed by atoms with van der Waals surface area (Å²) in [6.45, 7) is 3.71. The van der Waals surface area contributed by atoms with Crippen LogP contribution in [0.2, 0.25) is 5.02 Å². The Bertz CT molecular complexity index is 1370. The van der Waals surface area contributed by atoms with Crippen LogP contribution >= 0.6 is 11.6 Å². The van der Waals surface area contributed by atoms with Crippen molar-refractivity contribution in [2.24, 2.45) is 0 Å². The van der Waals surface area contributed by atoms with E-state index in [-0.39, 0.29) is 33.8 Å². The van der Waals surface area contributed by atoms with Crippen molar-refractivity contribution < 1.29 is 9.53 Å². The van der Waals surface area contributed by atoms with E-state index in [4.69, 9.17) is 16.3 Å². The number of nitrogens with zero attached hydrogens (tertiary/aromatic N) is 2. The zero-order chi connectivity index (χ0) is 23.9.